The van der Waals surface area contributed by atoms with Crippen LogP contribution in [0.25, 0.3) is 0 Å². The SMILES string of the molecule is O=C(Oc1ccc(Cl)cc1Br)c1ccco1. The van der Waals surface area contributed by atoms with Crippen LogP contribution in [-0.2, 0) is 0 Å². The Bertz CT molecular complexity index is 508. The van der Waals surface area contributed by atoms with E-state index in [1.807, 2.05) is 0 Å². The number of benzene rings is 1. The second-order valence-corrected chi connectivity index (χ2v) is 4.23. The van der Waals surface area contributed by atoms with Crippen molar-refractivity contribution in [1.82, 2.24) is 0 Å². The summed E-state index contributed by atoms with van der Waals surface area (Å²) in [4.78, 5) is 11.5. The lowest BCUT2D eigenvalue weighted by molar-refractivity contribution is 0.0700. The number of furan rings is 1. The molecule has 1 aromatic heterocycles. The maximum Gasteiger partial charge on any atom is 0.379 e. The number of rotatable bonds is 2. The summed E-state index contributed by atoms with van der Waals surface area (Å²) < 4.78 is 10.6. The molecule has 2 aromatic rings. The fraction of sp³-hybridized carbons (Fsp3) is 0. The zero-order chi connectivity index (χ0) is 11.5. The molecule has 0 amide bonds. The summed E-state index contributed by atoms with van der Waals surface area (Å²) in [5.74, 6) is 0.000623. The van der Waals surface area contributed by atoms with Crippen LogP contribution in [0.3, 0.4) is 0 Å². The Kier molecular flexibility index (Phi) is 3.31. The second-order valence-electron chi connectivity index (χ2n) is 2.94. The first kappa shape index (κ1) is 11.2. The van der Waals surface area contributed by atoms with Gasteiger partial charge in [0.25, 0.3) is 0 Å². The van der Waals surface area contributed by atoms with Gasteiger partial charge in [0.1, 0.15) is 5.75 Å². The van der Waals surface area contributed by atoms with Gasteiger partial charge in [-0.15, -0.1) is 0 Å². The van der Waals surface area contributed by atoms with Crippen molar-refractivity contribution in [3.8, 4) is 5.75 Å². The molecule has 0 spiro atoms. The summed E-state index contributed by atoms with van der Waals surface area (Å²) in [7, 11) is 0. The molecule has 0 saturated carbocycles. The Hall–Kier alpha value is -1.26. The van der Waals surface area contributed by atoms with Crippen molar-refractivity contribution in [2.24, 2.45) is 0 Å². The smallest absolute Gasteiger partial charge is 0.379 e. The van der Waals surface area contributed by atoms with Gasteiger partial charge in [0.2, 0.25) is 5.76 Å². The van der Waals surface area contributed by atoms with E-state index in [4.69, 9.17) is 20.8 Å². The molecule has 0 aliphatic heterocycles. The molecule has 2 rings (SSSR count). The van der Waals surface area contributed by atoms with Gasteiger partial charge in [-0.2, -0.15) is 0 Å². The van der Waals surface area contributed by atoms with Gasteiger partial charge >= 0.3 is 5.97 Å². The molecule has 3 nitrogen and oxygen atoms in total. The summed E-state index contributed by atoms with van der Waals surface area (Å²) >= 11 is 9.01. The van der Waals surface area contributed by atoms with Gasteiger partial charge in [-0.25, -0.2) is 4.79 Å². The average molecular weight is 302 g/mol. The minimum atomic E-state index is -0.548. The first-order valence-electron chi connectivity index (χ1n) is 4.37. The fourth-order valence-corrected chi connectivity index (χ4v) is 1.87. The summed E-state index contributed by atoms with van der Waals surface area (Å²) in [6.07, 6.45) is 1.41. The van der Waals surface area contributed by atoms with Crippen molar-refractivity contribution in [3.63, 3.8) is 0 Å². The molecule has 0 bridgehead atoms. The largest absolute Gasteiger partial charge is 0.457 e. The number of hydrogen-bond acceptors (Lipinski definition) is 3. The highest BCUT2D eigenvalue weighted by Gasteiger charge is 2.13. The van der Waals surface area contributed by atoms with Crippen molar-refractivity contribution in [1.29, 1.82) is 0 Å². The van der Waals surface area contributed by atoms with Crippen LogP contribution in [0.4, 0.5) is 0 Å². The van der Waals surface area contributed by atoms with Gasteiger partial charge in [-0.05, 0) is 46.3 Å². The topological polar surface area (TPSA) is 39.4 Å². The van der Waals surface area contributed by atoms with Crippen molar-refractivity contribution in [2.75, 3.05) is 0 Å². The third-order valence-electron chi connectivity index (χ3n) is 1.82. The van der Waals surface area contributed by atoms with Crippen molar-refractivity contribution < 1.29 is 13.9 Å². The van der Waals surface area contributed by atoms with Gasteiger partial charge < -0.3 is 9.15 Å². The van der Waals surface area contributed by atoms with Crippen LogP contribution >= 0.6 is 27.5 Å². The molecule has 0 atom stereocenters. The first-order chi connectivity index (χ1) is 7.66. The molecule has 0 saturated heterocycles. The third-order valence-corrected chi connectivity index (χ3v) is 2.67. The molecule has 0 fully saturated rings. The number of halogens is 2. The molecule has 1 heterocycles. The van der Waals surface area contributed by atoms with Crippen molar-refractivity contribution >= 4 is 33.5 Å². The minimum Gasteiger partial charge on any atom is -0.457 e. The standard InChI is InChI=1S/C11H6BrClO3/c12-8-6-7(13)3-4-9(8)16-11(14)10-2-1-5-15-10/h1-6H. The van der Waals surface area contributed by atoms with E-state index in [1.165, 1.54) is 12.3 Å². The highest BCUT2D eigenvalue weighted by atomic mass is 79.9. The molecule has 5 heteroatoms. The van der Waals surface area contributed by atoms with Gasteiger partial charge in [0, 0.05) is 5.02 Å². The van der Waals surface area contributed by atoms with Gasteiger partial charge in [-0.3, -0.25) is 0 Å². The number of hydrogen-bond donors (Lipinski definition) is 0. The van der Waals surface area contributed by atoms with Crippen LogP contribution in [0.15, 0.2) is 45.5 Å². The molecule has 0 unspecified atom stereocenters. The van der Waals surface area contributed by atoms with E-state index >= 15 is 0 Å². The Morgan fingerprint density at radius 2 is 2.19 bits per heavy atom. The molecular weight excluding hydrogens is 295 g/mol. The highest BCUT2D eigenvalue weighted by Crippen LogP contribution is 2.28. The van der Waals surface area contributed by atoms with E-state index in [1.54, 1.807) is 24.3 Å². The van der Waals surface area contributed by atoms with E-state index < -0.39 is 5.97 Å². The summed E-state index contributed by atoms with van der Waals surface area (Å²) in [5.41, 5.74) is 0. The van der Waals surface area contributed by atoms with E-state index in [2.05, 4.69) is 15.9 Å². The third kappa shape index (κ3) is 2.46. The van der Waals surface area contributed by atoms with E-state index in [-0.39, 0.29) is 5.76 Å². The second kappa shape index (κ2) is 4.72. The number of carbonyl (C=O) groups excluding carboxylic acids is 1. The molecular formula is C11H6BrClO3. The van der Waals surface area contributed by atoms with Crippen molar-refractivity contribution in [2.45, 2.75) is 0 Å². The highest BCUT2D eigenvalue weighted by molar-refractivity contribution is 9.10. The molecule has 16 heavy (non-hydrogen) atoms. The molecule has 1 aromatic carbocycles. The summed E-state index contributed by atoms with van der Waals surface area (Å²) in [5, 5.41) is 0.560. The van der Waals surface area contributed by atoms with Crippen LogP contribution in [0.1, 0.15) is 10.6 Å². The minimum absolute atomic E-state index is 0.154. The molecule has 0 N–H and O–H groups in total. The van der Waals surface area contributed by atoms with E-state index in [9.17, 15) is 4.79 Å². The van der Waals surface area contributed by atoms with E-state index in [0.717, 1.165) is 0 Å². The Labute approximate surface area is 105 Å². The lowest BCUT2D eigenvalue weighted by Crippen LogP contribution is -2.07. The normalized spacial score (nSPS) is 10.1. The Balaban J connectivity index is 2.18. The zero-order valence-electron chi connectivity index (χ0n) is 7.94. The zero-order valence-corrected chi connectivity index (χ0v) is 10.3. The predicted molar refractivity (Wildman–Crippen MR) is 62.8 cm³/mol. The number of esters is 1. The maximum absolute atomic E-state index is 11.5. The van der Waals surface area contributed by atoms with Crippen LogP contribution in [0.5, 0.6) is 5.75 Å². The quantitative estimate of drug-likeness (QED) is 0.623. The Morgan fingerprint density at radius 1 is 1.38 bits per heavy atom. The summed E-state index contributed by atoms with van der Waals surface area (Å²) in [6, 6.07) is 8.04. The predicted octanol–water partition coefficient (Wildman–Crippen LogP) is 3.91. The first-order valence-corrected chi connectivity index (χ1v) is 5.54. The number of carbonyl (C=O) groups is 1. The lowest BCUT2D eigenvalue weighted by Gasteiger charge is -2.04. The molecule has 0 radical (unpaired) electrons. The van der Waals surface area contributed by atoms with Gasteiger partial charge in [-0.1, -0.05) is 11.6 Å². The van der Waals surface area contributed by atoms with Gasteiger partial charge in [0.15, 0.2) is 0 Å². The average Bonchev–Trinajstić information content (AvgIpc) is 2.75. The van der Waals surface area contributed by atoms with Crippen LogP contribution in [0, 0.1) is 0 Å². The van der Waals surface area contributed by atoms with Gasteiger partial charge in [0.05, 0.1) is 10.7 Å². The van der Waals surface area contributed by atoms with Crippen LogP contribution in [-0.4, -0.2) is 5.97 Å². The Morgan fingerprint density at radius 3 is 2.81 bits per heavy atom. The van der Waals surface area contributed by atoms with E-state index in [0.29, 0.717) is 15.2 Å². The molecule has 0 aliphatic rings. The summed E-state index contributed by atoms with van der Waals surface area (Å²) in [6.45, 7) is 0. The molecule has 82 valence electrons. The van der Waals surface area contributed by atoms with Crippen molar-refractivity contribution in [3.05, 3.63) is 51.9 Å². The number of ether oxygens (including phenoxy) is 1. The van der Waals surface area contributed by atoms with Crippen LogP contribution in [0.2, 0.25) is 5.02 Å². The fourth-order valence-electron chi connectivity index (χ4n) is 1.10. The molecule has 0 aliphatic carbocycles. The van der Waals surface area contributed by atoms with Crippen LogP contribution < -0.4 is 4.74 Å². The lowest BCUT2D eigenvalue weighted by atomic mass is 10.3. The monoisotopic (exact) mass is 300 g/mol. The maximum atomic E-state index is 11.5.